The molecule has 19 heavy (non-hydrogen) atoms. The average Bonchev–Trinajstić information content (AvgIpc) is 2.72. The number of nitrogens with one attached hydrogen (secondary N) is 1. The Hall–Kier alpha value is -0.940. The van der Waals surface area contributed by atoms with Crippen LogP contribution in [-0.4, -0.2) is 32.0 Å². The zero-order valence-electron chi connectivity index (χ0n) is 12.3. The van der Waals surface area contributed by atoms with Crippen molar-refractivity contribution in [3.8, 4) is 0 Å². The molecule has 2 N–H and O–H groups in total. The highest BCUT2D eigenvalue weighted by atomic mass is 16.3. The van der Waals surface area contributed by atoms with Crippen molar-refractivity contribution in [3.63, 3.8) is 0 Å². The van der Waals surface area contributed by atoms with Gasteiger partial charge in [-0.25, -0.2) is 0 Å². The van der Waals surface area contributed by atoms with Crippen LogP contribution in [0.1, 0.15) is 50.7 Å². The van der Waals surface area contributed by atoms with Crippen LogP contribution in [0, 0.1) is 12.8 Å². The van der Waals surface area contributed by atoms with E-state index in [1.807, 2.05) is 18.5 Å². The maximum absolute atomic E-state index is 10.5. The lowest BCUT2D eigenvalue weighted by Crippen LogP contribution is -2.43. The van der Waals surface area contributed by atoms with Crippen molar-refractivity contribution >= 4 is 0 Å². The topological polar surface area (TPSA) is 63.0 Å². The standard InChI is InChI=1S/C14H26N4O/c1-4-12-5-7-14(19,8-6-12)10-15-9-13-17-16-11(2)18(13)3/h12,15,19H,4-10H2,1-3H3. The minimum absolute atomic E-state index is 0.528. The second kappa shape index (κ2) is 6.01. The monoisotopic (exact) mass is 266 g/mol. The maximum atomic E-state index is 10.5. The average molecular weight is 266 g/mol. The van der Waals surface area contributed by atoms with Crippen molar-refractivity contribution in [2.45, 2.75) is 58.1 Å². The minimum Gasteiger partial charge on any atom is -0.389 e. The highest BCUT2D eigenvalue weighted by Crippen LogP contribution is 2.33. The van der Waals surface area contributed by atoms with Gasteiger partial charge in [-0.2, -0.15) is 0 Å². The highest BCUT2D eigenvalue weighted by molar-refractivity contribution is 4.93. The number of hydrogen-bond donors (Lipinski definition) is 2. The third kappa shape index (κ3) is 3.54. The quantitative estimate of drug-likeness (QED) is 0.848. The molecule has 0 saturated heterocycles. The Morgan fingerprint density at radius 1 is 1.37 bits per heavy atom. The number of aliphatic hydroxyl groups is 1. The number of hydrogen-bond acceptors (Lipinski definition) is 4. The molecule has 0 atom stereocenters. The highest BCUT2D eigenvalue weighted by Gasteiger charge is 2.32. The number of nitrogens with zero attached hydrogens (tertiary/aromatic N) is 3. The lowest BCUT2D eigenvalue weighted by Gasteiger charge is -2.36. The van der Waals surface area contributed by atoms with Gasteiger partial charge >= 0.3 is 0 Å². The lowest BCUT2D eigenvalue weighted by molar-refractivity contribution is -0.00895. The molecule has 0 amide bonds. The first kappa shape index (κ1) is 14.5. The van der Waals surface area contributed by atoms with Crippen LogP contribution in [0.5, 0.6) is 0 Å². The van der Waals surface area contributed by atoms with E-state index >= 15 is 0 Å². The van der Waals surface area contributed by atoms with E-state index in [0.717, 1.165) is 43.3 Å². The predicted molar refractivity (Wildman–Crippen MR) is 74.6 cm³/mol. The summed E-state index contributed by atoms with van der Waals surface area (Å²) < 4.78 is 1.98. The predicted octanol–water partition coefficient (Wildman–Crippen LogP) is 1.54. The van der Waals surface area contributed by atoms with Crippen LogP contribution in [0.4, 0.5) is 0 Å². The number of rotatable bonds is 5. The molecule has 1 aromatic rings. The van der Waals surface area contributed by atoms with Crippen molar-refractivity contribution in [2.24, 2.45) is 13.0 Å². The molecule has 0 spiro atoms. The molecule has 1 aliphatic carbocycles. The second-order valence-corrected chi connectivity index (χ2v) is 5.90. The fraction of sp³-hybridized carbons (Fsp3) is 0.857. The second-order valence-electron chi connectivity index (χ2n) is 5.90. The molecular weight excluding hydrogens is 240 g/mol. The van der Waals surface area contributed by atoms with Crippen LogP contribution < -0.4 is 5.32 Å². The zero-order chi connectivity index (χ0) is 13.9. The largest absolute Gasteiger partial charge is 0.389 e. The molecular formula is C14H26N4O. The van der Waals surface area contributed by atoms with Crippen LogP contribution >= 0.6 is 0 Å². The van der Waals surface area contributed by atoms with E-state index in [9.17, 15) is 5.11 Å². The molecule has 0 aromatic carbocycles. The van der Waals surface area contributed by atoms with Crippen LogP contribution in [0.2, 0.25) is 0 Å². The third-order valence-electron chi connectivity index (χ3n) is 4.53. The molecule has 1 fully saturated rings. The van der Waals surface area contributed by atoms with E-state index in [1.54, 1.807) is 0 Å². The first-order valence-corrected chi connectivity index (χ1v) is 7.32. The summed E-state index contributed by atoms with van der Waals surface area (Å²) in [4.78, 5) is 0. The van der Waals surface area contributed by atoms with Gasteiger partial charge in [0.15, 0.2) is 0 Å². The molecule has 0 aliphatic heterocycles. The van der Waals surface area contributed by atoms with Crippen molar-refractivity contribution in [1.29, 1.82) is 0 Å². The van der Waals surface area contributed by atoms with Gasteiger partial charge in [0.25, 0.3) is 0 Å². The Bertz CT molecular complexity index is 408. The molecule has 5 heteroatoms. The van der Waals surface area contributed by atoms with E-state index in [0.29, 0.717) is 13.1 Å². The van der Waals surface area contributed by atoms with Crippen molar-refractivity contribution < 1.29 is 5.11 Å². The van der Waals surface area contributed by atoms with Crippen LogP contribution in [0.25, 0.3) is 0 Å². The zero-order valence-corrected chi connectivity index (χ0v) is 12.3. The summed E-state index contributed by atoms with van der Waals surface area (Å²) in [6, 6.07) is 0. The van der Waals surface area contributed by atoms with E-state index in [-0.39, 0.29) is 0 Å². The molecule has 2 rings (SSSR count). The van der Waals surface area contributed by atoms with Crippen LogP contribution in [0.15, 0.2) is 0 Å². The van der Waals surface area contributed by atoms with Gasteiger partial charge in [-0.05, 0) is 38.5 Å². The third-order valence-corrected chi connectivity index (χ3v) is 4.53. The van der Waals surface area contributed by atoms with E-state index in [2.05, 4.69) is 22.4 Å². The van der Waals surface area contributed by atoms with Gasteiger partial charge < -0.3 is 15.0 Å². The first-order chi connectivity index (χ1) is 9.04. The first-order valence-electron chi connectivity index (χ1n) is 7.32. The summed E-state index contributed by atoms with van der Waals surface area (Å²) in [5.41, 5.74) is -0.528. The Labute approximate surface area is 115 Å². The van der Waals surface area contributed by atoms with Gasteiger partial charge in [-0.15, -0.1) is 10.2 Å². The molecule has 5 nitrogen and oxygen atoms in total. The summed E-state index contributed by atoms with van der Waals surface area (Å²) in [5, 5.41) is 22.0. The fourth-order valence-electron chi connectivity index (χ4n) is 2.81. The van der Waals surface area contributed by atoms with E-state index < -0.39 is 5.60 Å². The normalized spacial score (nSPS) is 27.7. The SMILES string of the molecule is CCC1CCC(O)(CNCc2nnc(C)n2C)CC1. The molecule has 108 valence electrons. The van der Waals surface area contributed by atoms with Gasteiger partial charge in [-0.1, -0.05) is 13.3 Å². The molecule has 1 aromatic heterocycles. The fourth-order valence-corrected chi connectivity index (χ4v) is 2.81. The van der Waals surface area contributed by atoms with Crippen molar-refractivity contribution in [2.75, 3.05) is 6.54 Å². The summed E-state index contributed by atoms with van der Waals surface area (Å²) >= 11 is 0. The van der Waals surface area contributed by atoms with Gasteiger partial charge in [0.1, 0.15) is 11.6 Å². The Balaban J connectivity index is 1.78. The Morgan fingerprint density at radius 3 is 2.58 bits per heavy atom. The maximum Gasteiger partial charge on any atom is 0.146 e. The summed E-state index contributed by atoms with van der Waals surface area (Å²) in [6.45, 7) is 5.49. The van der Waals surface area contributed by atoms with Crippen LogP contribution in [-0.2, 0) is 13.6 Å². The van der Waals surface area contributed by atoms with Gasteiger partial charge in [-0.3, -0.25) is 0 Å². The summed E-state index contributed by atoms with van der Waals surface area (Å²) in [5.74, 6) is 2.64. The molecule has 0 bridgehead atoms. The Kier molecular flexibility index (Phi) is 4.58. The van der Waals surface area contributed by atoms with E-state index in [4.69, 9.17) is 0 Å². The van der Waals surface area contributed by atoms with E-state index in [1.165, 1.54) is 6.42 Å². The summed E-state index contributed by atoms with van der Waals surface area (Å²) in [7, 11) is 1.97. The van der Waals surface area contributed by atoms with Gasteiger partial charge in [0.05, 0.1) is 12.1 Å². The van der Waals surface area contributed by atoms with Crippen LogP contribution in [0.3, 0.4) is 0 Å². The lowest BCUT2D eigenvalue weighted by atomic mass is 9.78. The van der Waals surface area contributed by atoms with Crippen molar-refractivity contribution in [1.82, 2.24) is 20.1 Å². The summed E-state index contributed by atoms with van der Waals surface area (Å²) in [6.07, 6.45) is 5.37. The molecule has 0 radical (unpaired) electrons. The molecule has 1 aliphatic rings. The minimum atomic E-state index is -0.528. The molecule has 1 heterocycles. The molecule has 1 saturated carbocycles. The Morgan fingerprint density at radius 2 is 2.05 bits per heavy atom. The van der Waals surface area contributed by atoms with Gasteiger partial charge in [0, 0.05) is 13.6 Å². The van der Waals surface area contributed by atoms with Crippen molar-refractivity contribution in [3.05, 3.63) is 11.6 Å². The smallest absolute Gasteiger partial charge is 0.146 e. The van der Waals surface area contributed by atoms with Gasteiger partial charge in [0.2, 0.25) is 0 Å². The number of aryl methyl sites for hydroxylation is 1. The molecule has 0 unspecified atom stereocenters. The number of aromatic nitrogens is 3.